The second-order valence-electron chi connectivity index (χ2n) is 6.03. The van der Waals surface area contributed by atoms with E-state index in [4.69, 9.17) is 5.73 Å². The van der Waals surface area contributed by atoms with Gasteiger partial charge in [0, 0.05) is 6.54 Å². The molecule has 3 rings (SSSR count). The number of carbonyl (C=O) groups is 2. The molecule has 2 amide bonds. The van der Waals surface area contributed by atoms with E-state index in [1.807, 2.05) is 37.3 Å². The molecule has 1 aromatic heterocycles. The fourth-order valence-electron chi connectivity index (χ4n) is 2.35. The van der Waals surface area contributed by atoms with Crippen molar-refractivity contribution in [2.75, 3.05) is 12.3 Å². The van der Waals surface area contributed by atoms with Crippen LogP contribution in [0.3, 0.4) is 0 Å². The number of hydrogen-bond donors (Lipinski definition) is 3. The summed E-state index contributed by atoms with van der Waals surface area (Å²) in [5.74, 6) is -0.0586. The number of aromatic nitrogens is 1. The summed E-state index contributed by atoms with van der Waals surface area (Å²) in [6.45, 7) is 2.54. The molecule has 24 heavy (non-hydrogen) atoms. The summed E-state index contributed by atoms with van der Waals surface area (Å²) in [7, 11) is 0. The van der Waals surface area contributed by atoms with Gasteiger partial charge in [0.1, 0.15) is 4.88 Å². The lowest BCUT2D eigenvalue weighted by Crippen LogP contribution is -2.28. The Bertz CT molecular complexity index is 740. The predicted molar refractivity (Wildman–Crippen MR) is 93.9 cm³/mol. The number of amides is 2. The van der Waals surface area contributed by atoms with Crippen molar-refractivity contribution in [3.05, 3.63) is 46.5 Å². The highest BCUT2D eigenvalue weighted by atomic mass is 32.1. The number of hydrogen-bond acceptors (Lipinski definition) is 5. The second kappa shape index (κ2) is 7.00. The number of rotatable bonds is 6. The monoisotopic (exact) mass is 344 g/mol. The Labute approximate surface area is 144 Å². The number of nitrogen functional groups attached to an aromatic ring is 1. The van der Waals surface area contributed by atoms with Gasteiger partial charge in [-0.05, 0) is 42.8 Å². The SMILES string of the molecule is CC(NC(=O)c1snc(C(=O)NCC2CC2)c1N)c1ccccc1. The van der Waals surface area contributed by atoms with Gasteiger partial charge in [-0.3, -0.25) is 9.59 Å². The summed E-state index contributed by atoms with van der Waals surface area (Å²) in [5, 5.41) is 5.70. The molecule has 126 valence electrons. The number of benzene rings is 1. The minimum Gasteiger partial charge on any atom is -0.395 e. The molecule has 1 unspecified atom stereocenters. The first-order valence-electron chi connectivity index (χ1n) is 7.95. The largest absolute Gasteiger partial charge is 0.395 e. The number of nitrogens with two attached hydrogens (primary N) is 1. The van der Waals surface area contributed by atoms with Crippen molar-refractivity contribution in [2.45, 2.75) is 25.8 Å². The average molecular weight is 344 g/mol. The fourth-order valence-corrected chi connectivity index (χ4v) is 3.06. The normalized spacial score (nSPS) is 14.9. The second-order valence-corrected chi connectivity index (χ2v) is 6.81. The van der Waals surface area contributed by atoms with Crippen LogP contribution in [0.4, 0.5) is 5.69 Å². The molecule has 0 spiro atoms. The number of anilines is 1. The molecule has 0 bridgehead atoms. The lowest BCUT2D eigenvalue weighted by molar-refractivity contribution is 0.0943. The van der Waals surface area contributed by atoms with Crippen LogP contribution in [0.5, 0.6) is 0 Å². The zero-order chi connectivity index (χ0) is 17.1. The molecular formula is C17H20N4O2S. The van der Waals surface area contributed by atoms with Crippen molar-refractivity contribution < 1.29 is 9.59 Å². The maximum Gasteiger partial charge on any atom is 0.273 e. The molecule has 0 radical (unpaired) electrons. The third kappa shape index (κ3) is 3.73. The minimum atomic E-state index is -0.317. The Morgan fingerprint density at radius 2 is 2.00 bits per heavy atom. The Morgan fingerprint density at radius 1 is 1.29 bits per heavy atom. The zero-order valence-corrected chi connectivity index (χ0v) is 14.2. The van der Waals surface area contributed by atoms with Gasteiger partial charge in [-0.2, -0.15) is 4.37 Å². The number of nitrogens with one attached hydrogen (secondary N) is 2. The van der Waals surface area contributed by atoms with E-state index >= 15 is 0 Å². The van der Waals surface area contributed by atoms with Gasteiger partial charge in [-0.1, -0.05) is 30.3 Å². The zero-order valence-electron chi connectivity index (χ0n) is 13.4. The van der Waals surface area contributed by atoms with E-state index in [1.165, 1.54) is 0 Å². The molecular weight excluding hydrogens is 324 g/mol. The Morgan fingerprint density at radius 3 is 2.67 bits per heavy atom. The van der Waals surface area contributed by atoms with Gasteiger partial charge in [0.25, 0.3) is 11.8 Å². The van der Waals surface area contributed by atoms with Crippen LogP contribution in [-0.2, 0) is 0 Å². The fraction of sp³-hybridized carbons (Fsp3) is 0.353. The summed E-state index contributed by atoms with van der Waals surface area (Å²) in [6.07, 6.45) is 2.30. The van der Waals surface area contributed by atoms with Gasteiger partial charge in [-0.15, -0.1) is 0 Å². The number of nitrogens with zero attached hydrogens (tertiary/aromatic N) is 1. The number of carbonyl (C=O) groups excluding carboxylic acids is 2. The molecule has 1 fully saturated rings. The van der Waals surface area contributed by atoms with E-state index in [1.54, 1.807) is 0 Å². The molecule has 4 N–H and O–H groups in total. The quantitative estimate of drug-likeness (QED) is 0.749. The average Bonchev–Trinajstić information content (AvgIpc) is 3.34. The Kier molecular flexibility index (Phi) is 4.80. The van der Waals surface area contributed by atoms with Crippen LogP contribution in [0.25, 0.3) is 0 Å². The van der Waals surface area contributed by atoms with Crippen LogP contribution in [0.2, 0.25) is 0 Å². The summed E-state index contributed by atoms with van der Waals surface area (Å²) in [5.41, 5.74) is 7.25. The van der Waals surface area contributed by atoms with Crippen LogP contribution < -0.4 is 16.4 Å². The molecule has 1 aromatic carbocycles. The van der Waals surface area contributed by atoms with Crippen LogP contribution in [0, 0.1) is 5.92 Å². The molecule has 0 saturated heterocycles. The van der Waals surface area contributed by atoms with Gasteiger partial charge in [0.05, 0.1) is 11.7 Å². The van der Waals surface area contributed by atoms with E-state index in [2.05, 4.69) is 15.0 Å². The van der Waals surface area contributed by atoms with E-state index in [0.717, 1.165) is 29.9 Å². The van der Waals surface area contributed by atoms with Crippen LogP contribution in [0.1, 0.15) is 51.5 Å². The van der Waals surface area contributed by atoms with E-state index < -0.39 is 0 Å². The summed E-state index contributed by atoms with van der Waals surface area (Å²) in [4.78, 5) is 24.8. The molecule has 1 aliphatic carbocycles. The lowest BCUT2D eigenvalue weighted by atomic mass is 10.1. The molecule has 2 aromatic rings. The summed E-state index contributed by atoms with van der Waals surface area (Å²) in [6, 6.07) is 9.48. The van der Waals surface area contributed by atoms with E-state index in [9.17, 15) is 9.59 Å². The molecule has 1 aliphatic rings. The highest BCUT2D eigenvalue weighted by molar-refractivity contribution is 7.09. The third-order valence-electron chi connectivity index (χ3n) is 4.04. The van der Waals surface area contributed by atoms with Crippen molar-refractivity contribution in [1.29, 1.82) is 0 Å². The molecule has 6 nitrogen and oxygen atoms in total. The summed E-state index contributed by atoms with van der Waals surface area (Å²) >= 11 is 0.952. The van der Waals surface area contributed by atoms with Crippen molar-refractivity contribution in [2.24, 2.45) is 5.92 Å². The minimum absolute atomic E-state index is 0.137. The first kappa shape index (κ1) is 16.4. The first-order chi connectivity index (χ1) is 11.6. The third-order valence-corrected chi connectivity index (χ3v) is 4.91. The van der Waals surface area contributed by atoms with Crippen molar-refractivity contribution in [3.8, 4) is 0 Å². The van der Waals surface area contributed by atoms with Crippen LogP contribution in [0.15, 0.2) is 30.3 Å². The highest BCUT2D eigenvalue weighted by Crippen LogP contribution is 2.28. The molecule has 1 saturated carbocycles. The standard InChI is InChI=1S/C17H20N4O2S/c1-10(12-5-3-2-4-6-12)20-17(23)15-13(18)14(21-24-15)16(22)19-9-11-7-8-11/h2-6,10-11H,7-9,18H2,1H3,(H,19,22)(H,20,23). The van der Waals surface area contributed by atoms with Gasteiger partial charge in [-0.25, -0.2) is 0 Å². The summed E-state index contributed by atoms with van der Waals surface area (Å²) < 4.78 is 4.06. The predicted octanol–water partition coefficient (Wildman–Crippen LogP) is 2.36. The van der Waals surface area contributed by atoms with Crippen molar-refractivity contribution in [3.63, 3.8) is 0 Å². The molecule has 7 heteroatoms. The van der Waals surface area contributed by atoms with Gasteiger partial charge in [0.2, 0.25) is 0 Å². The van der Waals surface area contributed by atoms with Crippen LogP contribution in [-0.4, -0.2) is 22.7 Å². The van der Waals surface area contributed by atoms with Gasteiger partial charge < -0.3 is 16.4 Å². The molecule has 1 heterocycles. The maximum atomic E-state index is 12.4. The van der Waals surface area contributed by atoms with Crippen molar-refractivity contribution >= 4 is 29.0 Å². The topological polar surface area (TPSA) is 97.1 Å². The first-order valence-corrected chi connectivity index (χ1v) is 8.72. The Balaban J connectivity index is 1.65. The lowest BCUT2D eigenvalue weighted by Gasteiger charge is -2.13. The van der Waals surface area contributed by atoms with Gasteiger partial charge >= 0.3 is 0 Å². The smallest absolute Gasteiger partial charge is 0.273 e. The van der Waals surface area contributed by atoms with E-state index in [0.29, 0.717) is 12.5 Å². The molecule has 0 aliphatic heterocycles. The van der Waals surface area contributed by atoms with Crippen LogP contribution >= 0.6 is 11.5 Å². The maximum absolute atomic E-state index is 12.4. The Hall–Kier alpha value is -2.41. The van der Waals surface area contributed by atoms with E-state index in [-0.39, 0.29) is 34.1 Å². The highest BCUT2D eigenvalue weighted by Gasteiger charge is 2.26. The molecule has 1 atom stereocenters. The van der Waals surface area contributed by atoms with Crippen molar-refractivity contribution in [1.82, 2.24) is 15.0 Å². The van der Waals surface area contributed by atoms with Gasteiger partial charge in [0.15, 0.2) is 5.69 Å².